The largest absolute Gasteiger partial charge is 0.491 e. The summed E-state index contributed by atoms with van der Waals surface area (Å²) in [5.41, 5.74) is 2.80. The highest BCUT2D eigenvalue weighted by Gasteiger charge is 2.57. The molecule has 7 nitrogen and oxygen atoms in total. The first-order chi connectivity index (χ1) is 15.4. The number of rotatable bonds is 3. The summed E-state index contributed by atoms with van der Waals surface area (Å²) in [4.78, 5) is 16.1. The SMILES string of the molecule is CC(N1CCOCC1)C(C)(C)c1cccc2c1C1(COc3cc4c(cc31)OCO4)C(=O)N2. The molecule has 2 aromatic carbocycles. The van der Waals surface area contributed by atoms with E-state index in [4.69, 9.17) is 18.9 Å². The molecule has 168 valence electrons. The number of anilines is 1. The fourth-order valence-corrected chi connectivity index (χ4v) is 5.68. The Hall–Kier alpha value is -2.77. The Bertz CT molecular complexity index is 1110. The number of fused-ring (bicyclic) bond motifs is 5. The van der Waals surface area contributed by atoms with Gasteiger partial charge in [0, 0.05) is 47.4 Å². The topological polar surface area (TPSA) is 69.3 Å². The number of carbonyl (C=O) groups excluding carboxylic acids is 1. The lowest BCUT2D eigenvalue weighted by Crippen LogP contribution is -2.51. The maximum absolute atomic E-state index is 13.6. The molecule has 2 aromatic rings. The van der Waals surface area contributed by atoms with Crippen molar-refractivity contribution >= 4 is 11.6 Å². The van der Waals surface area contributed by atoms with Crippen LogP contribution in [0.5, 0.6) is 17.2 Å². The summed E-state index contributed by atoms with van der Waals surface area (Å²) in [6, 6.07) is 10.2. The molecule has 4 heterocycles. The highest BCUT2D eigenvalue weighted by atomic mass is 16.7. The van der Waals surface area contributed by atoms with Crippen LogP contribution in [0.1, 0.15) is 37.5 Å². The standard InChI is InChI=1S/C25H28N2O5/c1-15(27-7-9-29-10-8-27)24(2,3)16-5-4-6-18-22(16)25(23(28)26-18)13-30-19-12-21-20(11-17(19)25)31-14-32-21/h4-6,11-12,15H,7-10,13-14H2,1-3H3,(H,26,28). The second-order valence-electron chi connectivity index (χ2n) is 9.62. The first-order valence-electron chi connectivity index (χ1n) is 11.3. The zero-order valence-electron chi connectivity index (χ0n) is 18.7. The summed E-state index contributed by atoms with van der Waals surface area (Å²) in [5.74, 6) is 1.96. The second kappa shape index (κ2) is 6.86. The highest BCUT2D eigenvalue weighted by molar-refractivity contribution is 6.10. The molecule has 1 N–H and O–H groups in total. The molecular formula is C25H28N2O5. The molecule has 0 aromatic heterocycles. The Morgan fingerprint density at radius 2 is 1.81 bits per heavy atom. The minimum atomic E-state index is -0.899. The third-order valence-corrected chi connectivity index (χ3v) is 7.84. The number of amides is 1. The molecule has 2 unspecified atom stereocenters. The molecule has 1 fully saturated rings. The van der Waals surface area contributed by atoms with Gasteiger partial charge < -0.3 is 24.3 Å². The van der Waals surface area contributed by atoms with E-state index in [0.717, 1.165) is 43.1 Å². The van der Waals surface area contributed by atoms with Crippen molar-refractivity contribution in [3.8, 4) is 17.2 Å². The van der Waals surface area contributed by atoms with Crippen LogP contribution in [0.3, 0.4) is 0 Å². The Kier molecular flexibility index (Phi) is 4.26. The van der Waals surface area contributed by atoms with Crippen LogP contribution in [-0.4, -0.2) is 56.6 Å². The fraction of sp³-hybridized carbons (Fsp3) is 0.480. The summed E-state index contributed by atoms with van der Waals surface area (Å²) in [5, 5.41) is 3.15. The van der Waals surface area contributed by atoms with Crippen LogP contribution in [0.2, 0.25) is 0 Å². The quantitative estimate of drug-likeness (QED) is 0.798. The van der Waals surface area contributed by atoms with E-state index < -0.39 is 5.41 Å². The summed E-state index contributed by atoms with van der Waals surface area (Å²) in [7, 11) is 0. The number of hydrogen-bond donors (Lipinski definition) is 1. The number of morpholine rings is 1. The minimum Gasteiger partial charge on any atom is -0.491 e. The third kappa shape index (κ3) is 2.58. The summed E-state index contributed by atoms with van der Waals surface area (Å²) < 4.78 is 22.8. The Balaban J connectivity index is 1.50. The number of carbonyl (C=O) groups is 1. The van der Waals surface area contributed by atoms with Gasteiger partial charge in [-0.2, -0.15) is 0 Å². The summed E-state index contributed by atoms with van der Waals surface area (Å²) in [6.07, 6.45) is 0. The van der Waals surface area contributed by atoms with Crippen molar-refractivity contribution in [2.75, 3.05) is 45.0 Å². The molecule has 2 atom stereocenters. The molecule has 32 heavy (non-hydrogen) atoms. The average molecular weight is 437 g/mol. The number of hydrogen-bond acceptors (Lipinski definition) is 6. The minimum absolute atomic E-state index is 0.0487. The second-order valence-corrected chi connectivity index (χ2v) is 9.62. The van der Waals surface area contributed by atoms with Gasteiger partial charge in [0.1, 0.15) is 17.8 Å². The van der Waals surface area contributed by atoms with Crippen molar-refractivity contribution in [2.24, 2.45) is 0 Å². The van der Waals surface area contributed by atoms with E-state index in [1.54, 1.807) is 0 Å². The van der Waals surface area contributed by atoms with E-state index in [2.05, 4.69) is 37.1 Å². The lowest BCUT2D eigenvalue weighted by Gasteiger charge is -2.43. The molecule has 4 aliphatic heterocycles. The molecule has 0 aliphatic carbocycles. The zero-order chi connectivity index (χ0) is 22.1. The lowest BCUT2D eigenvalue weighted by molar-refractivity contribution is -0.119. The van der Waals surface area contributed by atoms with Crippen LogP contribution in [0.15, 0.2) is 30.3 Å². The van der Waals surface area contributed by atoms with Gasteiger partial charge in [0.05, 0.1) is 13.2 Å². The fourth-order valence-electron chi connectivity index (χ4n) is 5.68. The van der Waals surface area contributed by atoms with Gasteiger partial charge in [-0.3, -0.25) is 9.69 Å². The lowest BCUT2D eigenvalue weighted by atomic mass is 9.68. The Labute approximate surface area is 187 Å². The monoisotopic (exact) mass is 436 g/mol. The Morgan fingerprint density at radius 1 is 1.06 bits per heavy atom. The summed E-state index contributed by atoms with van der Waals surface area (Å²) in [6.45, 7) is 10.6. The number of benzene rings is 2. The van der Waals surface area contributed by atoms with Crippen molar-refractivity contribution < 1.29 is 23.7 Å². The van der Waals surface area contributed by atoms with E-state index >= 15 is 0 Å². The molecule has 0 bridgehead atoms. The number of ether oxygens (including phenoxy) is 4. The maximum Gasteiger partial charge on any atom is 0.243 e. The molecule has 7 heteroatoms. The zero-order valence-corrected chi connectivity index (χ0v) is 18.7. The predicted octanol–water partition coefficient (Wildman–Crippen LogP) is 3.04. The first-order valence-corrected chi connectivity index (χ1v) is 11.3. The van der Waals surface area contributed by atoms with Crippen molar-refractivity contribution in [3.63, 3.8) is 0 Å². The van der Waals surface area contributed by atoms with Gasteiger partial charge in [-0.15, -0.1) is 0 Å². The number of nitrogens with zero attached hydrogens (tertiary/aromatic N) is 1. The van der Waals surface area contributed by atoms with Crippen LogP contribution < -0.4 is 19.5 Å². The third-order valence-electron chi connectivity index (χ3n) is 7.84. The van der Waals surface area contributed by atoms with Gasteiger partial charge in [0.2, 0.25) is 12.7 Å². The van der Waals surface area contributed by atoms with Gasteiger partial charge >= 0.3 is 0 Å². The normalized spacial score (nSPS) is 24.8. The summed E-state index contributed by atoms with van der Waals surface area (Å²) >= 11 is 0. The first kappa shape index (κ1) is 19.9. The van der Waals surface area contributed by atoms with Crippen molar-refractivity contribution in [1.82, 2.24) is 4.90 Å². The van der Waals surface area contributed by atoms with Crippen LogP contribution in [0.25, 0.3) is 0 Å². The van der Waals surface area contributed by atoms with Gasteiger partial charge in [0.25, 0.3) is 0 Å². The van der Waals surface area contributed by atoms with Crippen LogP contribution in [0.4, 0.5) is 5.69 Å². The number of nitrogens with one attached hydrogen (secondary N) is 1. The van der Waals surface area contributed by atoms with Gasteiger partial charge in [0.15, 0.2) is 11.5 Å². The van der Waals surface area contributed by atoms with Crippen LogP contribution in [-0.2, 0) is 20.4 Å². The van der Waals surface area contributed by atoms with E-state index in [1.165, 1.54) is 5.56 Å². The Morgan fingerprint density at radius 3 is 2.59 bits per heavy atom. The van der Waals surface area contributed by atoms with Crippen molar-refractivity contribution in [3.05, 3.63) is 47.0 Å². The molecular weight excluding hydrogens is 408 g/mol. The van der Waals surface area contributed by atoms with Gasteiger partial charge in [-0.25, -0.2) is 0 Å². The van der Waals surface area contributed by atoms with E-state index in [-0.39, 0.29) is 30.8 Å². The molecule has 0 radical (unpaired) electrons. The van der Waals surface area contributed by atoms with E-state index in [9.17, 15) is 4.79 Å². The molecule has 0 saturated carbocycles. The van der Waals surface area contributed by atoms with E-state index in [1.807, 2.05) is 24.3 Å². The van der Waals surface area contributed by atoms with E-state index in [0.29, 0.717) is 17.2 Å². The average Bonchev–Trinajstić information content (AvgIpc) is 3.49. The molecule has 1 spiro atoms. The van der Waals surface area contributed by atoms with Crippen LogP contribution >= 0.6 is 0 Å². The van der Waals surface area contributed by atoms with Crippen molar-refractivity contribution in [1.29, 1.82) is 0 Å². The molecule has 1 amide bonds. The van der Waals surface area contributed by atoms with Crippen molar-refractivity contribution in [2.45, 2.75) is 37.6 Å². The molecule has 4 aliphatic rings. The van der Waals surface area contributed by atoms with Gasteiger partial charge in [-0.1, -0.05) is 26.0 Å². The maximum atomic E-state index is 13.6. The predicted molar refractivity (Wildman–Crippen MR) is 119 cm³/mol. The molecule has 6 rings (SSSR count). The smallest absolute Gasteiger partial charge is 0.243 e. The molecule has 1 saturated heterocycles. The van der Waals surface area contributed by atoms with Crippen LogP contribution in [0, 0.1) is 0 Å². The van der Waals surface area contributed by atoms with Gasteiger partial charge in [-0.05, 0) is 24.6 Å². The highest BCUT2D eigenvalue weighted by Crippen LogP contribution is 2.55.